The summed E-state index contributed by atoms with van der Waals surface area (Å²) in [6.07, 6.45) is -2.21. The second kappa shape index (κ2) is 9.04. The predicted octanol–water partition coefficient (Wildman–Crippen LogP) is 2.56. The largest absolute Gasteiger partial charge is 0.459 e. The van der Waals surface area contributed by atoms with Gasteiger partial charge in [0.1, 0.15) is 38.7 Å². The van der Waals surface area contributed by atoms with E-state index < -0.39 is 43.8 Å². The van der Waals surface area contributed by atoms with Gasteiger partial charge in [-0.05, 0) is 19.1 Å². The molecule has 0 amide bonds. The van der Waals surface area contributed by atoms with Crippen LogP contribution in [-0.4, -0.2) is 42.5 Å². The van der Waals surface area contributed by atoms with Crippen LogP contribution in [0, 0.1) is 18.4 Å². The Balaban J connectivity index is 1.72. The quantitative estimate of drug-likeness (QED) is 0.445. The first-order valence-corrected chi connectivity index (χ1v) is 13.5. The molecule has 164 valence electrons. The lowest BCUT2D eigenvalue weighted by Gasteiger charge is -2.16. The topological polar surface area (TPSA) is 90.4 Å². The molecule has 2 aromatic rings. The van der Waals surface area contributed by atoms with Gasteiger partial charge in [0.05, 0.1) is 5.56 Å². The molecule has 1 fully saturated rings. The molecular formula is C22H25FN2O5Si. The minimum Gasteiger partial charge on any atom is -0.459 e. The minimum atomic E-state index is -1.74. The molecule has 1 aromatic carbocycles. The Labute approximate surface area is 180 Å². The zero-order valence-corrected chi connectivity index (χ0v) is 18.9. The Morgan fingerprint density at radius 2 is 1.97 bits per heavy atom. The number of carbonyl (C=O) groups excluding carboxylic acids is 1. The number of H-pyrrole nitrogens is 1. The predicted molar refractivity (Wildman–Crippen MR) is 116 cm³/mol. The van der Waals surface area contributed by atoms with E-state index in [4.69, 9.17) is 9.47 Å². The Hall–Kier alpha value is -2.96. The van der Waals surface area contributed by atoms with Crippen LogP contribution in [0.3, 0.4) is 0 Å². The van der Waals surface area contributed by atoms with E-state index >= 15 is 0 Å². The molecule has 0 unspecified atom stereocenters. The fraction of sp³-hybridized carbons (Fsp3) is 0.409. The smallest absolute Gasteiger partial charge is 0.338 e. The van der Waals surface area contributed by atoms with E-state index in [-0.39, 0.29) is 18.6 Å². The van der Waals surface area contributed by atoms with Gasteiger partial charge in [0, 0.05) is 12.6 Å². The SMILES string of the molecule is Cc1ccc(C(=O)OC[C@H]2O[C@@H](n3cc(C#C[Si](C)(C)C)c(=O)[nH]c3=O)C[C@@H]2F)cc1. The lowest BCUT2D eigenvalue weighted by Crippen LogP contribution is -2.34. The summed E-state index contributed by atoms with van der Waals surface area (Å²) in [7, 11) is -1.74. The van der Waals surface area contributed by atoms with Gasteiger partial charge < -0.3 is 9.47 Å². The normalized spacial score (nSPS) is 20.7. The van der Waals surface area contributed by atoms with Crippen LogP contribution in [-0.2, 0) is 9.47 Å². The molecule has 3 atom stereocenters. The maximum Gasteiger partial charge on any atom is 0.338 e. The number of halogens is 1. The first kappa shape index (κ1) is 22.7. The summed E-state index contributed by atoms with van der Waals surface area (Å²) in [6.45, 7) is 7.70. The lowest BCUT2D eigenvalue weighted by molar-refractivity contribution is -0.0440. The van der Waals surface area contributed by atoms with E-state index in [1.165, 1.54) is 6.20 Å². The highest BCUT2D eigenvalue weighted by Crippen LogP contribution is 2.30. The summed E-state index contributed by atoms with van der Waals surface area (Å²) in [4.78, 5) is 38.7. The maximum absolute atomic E-state index is 14.5. The third-order valence-electron chi connectivity index (χ3n) is 4.68. The van der Waals surface area contributed by atoms with Crippen LogP contribution in [0.15, 0.2) is 40.1 Å². The van der Waals surface area contributed by atoms with Gasteiger partial charge in [-0.2, -0.15) is 0 Å². The number of benzene rings is 1. The summed E-state index contributed by atoms with van der Waals surface area (Å²) in [6, 6.07) is 6.82. The van der Waals surface area contributed by atoms with Crippen LogP contribution in [0.2, 0.25) is 19.6 Å². The van der Waals surface area contributed by atoms with Crippen LogP contribution >= 0.6 is 0 Å². The van der Waals surface area contributed by atoms with Crippen molar-refractivity contribution in [3.8, 4) is 11.5 Å². The maximum atomic E-state index is 14.5. The number of nitrogens with one attached hydrogen (secondary N) is 1. The van der Waals surface area contributed by atoms with E-state index in [0.29, 0.717) is 5.56 Å². The summed E-state index contributed by atoms with van der Waals surface area (Å²) in [5.74, 6) is 2.24. The van der Waals surface area contributed by atoms with Crippen molar-refractivity contribution >= 4 is 14.0 Å². The Morgan fingerprint density at radius 3 is 2.61 bits per heavy atom. The molecule has 1 aromatic heterocycles. The van der Waals surface area contributed by atoms with Crippen molar-refractivity contribution in [2.45, 2.75) is 51.5 Å². The van der Waals surface area contributed by atoms with Crippen molar-refractivity contribution in [1.29, 1.82) is 0 Å². The number of aryl methyl sites for hydroxylation is 1. The molecule has 0 radical (unpaired) electrons. The Bertz CT molecular complexity index is 1140. The zero-order chi connectivity index (χ0) is 22.8. The van der Waals surface area contributed by atoms with Gasteiger partial charge >= 0.3 is 11.7 Å². The molecule has 9 heteroatoms. The number of carbonyl (C=O) groups is 1. The number of esters is 1. The summed E-state index contributed by atoms with van der Waals surface area (Å²) < 4.78 is 26.5. The monoisotopic (exact) mass is 444 g/mol. The highest BCUT2D eigenvalue weighted by Gasteiger charge is 2.38. The minimum absolute atomic E-state index is 0.112. The fourth-order valence-electron chi connectivity index (χ4n) is 2.98. The molecule has 0 bridgehead atoms. The van der Waals surface area contributed by atoms with Crippen molar-refractivity contribution in [2.75, 3.05) is 6.61 Å². The summed E-state index contributed by atoms with van der Waals surface area (Å²) >= 11 is 0. The molecule has 1 N–H and O–H groups in total. The van der Waals surface area contributed by atoms with Crippen LogP contribution in [0.1, 0.15) is 34.1 Å². The van der Waals surface area contributed by atoms with Crippen LogP contribution in [0.5, 0.6) is 0 Å². The van der Waals surface area contributed by atoms with E-state index in [2.05, 4.69) is 16.4 Å². The van der Waals surface area contributed by atoms with Crippen molar-refractivity contribution < 1.29 is 18.7 Å². The molecule has 1 aliphatic heterocycles. The molecule has 0 aliphatic carbocycles. The van der Waals surface area contributed by atoms with Crippen LogP contribution in [0.4, 0.5) is 4.39 Å². The zero-order valence-electron chi connectivity index (χ0n) is 17.9. The molecule has 31 heavy (non-hydrogen) atoms. The van der Waals surface area contributed by atoms with Crippen molar-refractivity contribution in [3.63, 3.8) is 0 Å². The molecule has 1 aliphatic rings. The fourth-order valence-corrected chi connectivity index (χ4v) is 3.49. The van der Waals surface area contributed by atoms with Gasteiger partial charge in [0.25, 0.3) is 5.56 Å². The lowest BCUT2D eigenvalue weighted by atomic mass is 10.1. The number of aromatic amines is 1. The molecular weight excluding hydrogens is 419 g/mol. The van der Waals surface area contributed by atoms with E-state index in [0.717, 1.165) is 10.1 Å². The number of rotatable bonds is 4. The molecule has 1 saturated heterocycles. The molecule has 7 nitrogen and oxygen atoms in total. The Kier molecular flexibility index (Phi) is 6.62. The van der Waals surface area contributed by atoms with E-state index in [1.807, 2.05) is 26.6 Å². The van der Waals surface area contributed by atoms with Gasteiger partial charge in [-0.15, -0.1) is 5.54 Å². The van der Waals surface area contributed by atoms with Crippen molar-refractivity contribution in [1.82, 2.24) is 9.55 Å². The van der Waals surface area contributed by atoms with Crippen LogP contribution < -0.4 is 11.2 Å². The average Bonchev–Trinajstić information content (AvgIpc) is 3.05. The molecule has 0 spiro atoms. The number of hydrogen-bond acceptors (Lipinski definition) is 5. The van der Waals surface area contributed by atoms with Crippen molar-refractivity contribution in [2.24, 2.45) is 0 Å². The summed E-state index contributed by atoms with van der Waals surface area (Å²) in [5.41, 5.74) is 3.25. The number of ether oxygens (including phenoxy) is 2. The highest BCUT2D eigenvalue weighted by atomic mass is 28.3. The number of nitrogens with zero attached hydrogens (tertiary/aromatic N) is 1. The second-order valence-electron chi connectivity index (χ2n) is 8.55. The molecule has 3 rings (SSSR count). The first-order valence-electron chi connectivity index (χ1n) is 9.95. The standard InChI is InChI=1S/C22H25FN2O5Si/c1-14-5-7-15(8-6-14)21(27)29-13-18-17(23)11-19(30-18)25-12-16(9-10-31(2,3)4)20(26)24-22(25)28/h5-8,12,17-19H,11,13H2,1-4H3,(H,24,26,28)/t17-,18+,19+/m0/s1. The number of alkyl halides is 1. The van der Waals surface area contributed by atoms with Gasteiger partial charge in [0.15, 0.2) is 0 Å². The third kappa shape index (κ3) is 5.80. The average molecular weight is 445 g/mol. The molecule has 2 heterocycles. The van der Waals surface area contributed by atoms with E-state index in [9.17, 15) is 18.8 Å². The number of aromatic nitrogens is 2. The van der Waals surface area contributed by atoms with E-state index in [1.54, 1.807) is 24.3 Å². The van der Waals surface area contributed by atoms with Gasteiger partial charge in [-0.25, -0.2) is 14.0 Å². The first-order chi connectivity index (χ1) is 14.5. The van der Waals surface area contributed by atoms with Gasteiger partial charge in [-0.3, -0.25) is 14.3 Å². The third-order valence-corrected chi connectivity index (χ3v) is 5.55. The highest BCUT2D eigenvalue weighted by molar-refractivity contribution is 6.83. The van der Waals surface area contributed by atoms with Crippen molar-refractivity contribution in [3.05, 3.63) is 68.0 Å². The van der Waals surface area contributed by atoms with Gasteiger partial charge in [-0.1, -0.05) is 43.3 Å². The second-order valence-corrected chi connectivity index (χ2v) is 13.3. The van der Waals surface area contributed by atoms with Crippen LogP contribution in [0.25, 0.3) is 0 Å². The molecule has 0 saturated carbocycles. The summed E-state index contributed by atoms with van der Waals surface area (Å²) in [5, 5.41) is 0. The Morgan fingerprint density at radius 1 is 1.29 bits per heavy atom. The number of hydrogen-bond donors (Lipinski definition) is 1. The van der Waals surface area contributed by atoms with Gasteiger partial charge in [0.2, 0.25) is 0 Å².